The van der Waals surface area contributed by atoms with Crippen LogP contribution in [-0.2, 0) is 0 Å². The third-order valence-electron chi connectivity index (χ3n) is 3.71. The fraction of sp³-hybridized carbons (Fsp3) is 0.929. The molecule has 0 bridgehead atoms. The van der Waals surface area contributed by atoms with Crippen LogP contribution in [0.5, 0.6) is 0 Å². The lowest BCUT2D eigenvalue weighted by Gasteiger charge is -2.24. The van der Waals surface area contributed by atoms with E-state index in [-0.39, 0.29) is 5.41 Å². The number of oxime groups is 1. The van der Waals surface area contributed by atoms with Gasteiger partial charge in [-0.05, 0) is 32.4 Å². The van der Waals surface area contributed by atoms with Gasteiger partial charge >= 0.3 is 0 Å². The monoisotopic (exact) mass is 257 g/mol. The molecule has 0 amide bonds. The average molecular weight is 257 g/mol. The molecule has 0 aliphatic heterocycles. The fourth-order valence-electron chi connectivity index (χ4n) is 1.96. The first kappa shape index (κ1) is 17.2. The molecular weight excluding hydrogens is 226 g/mol. The predicted molar refractivity (Wildman–Crippen MR) is 78.0 cm³/mol. The Morgan fingerprint density at radius 2 is 2.00 bits per heavy atom. The summed E-state index contributed by atoms with van der Waals surface area (Å²) in [6, 6.07) is 0. The Morgan fingerprint density at radius 3 is 2.50 bits per heavy atom. The van der Waals surface area contributed by atoms with E-state index < -0.39 is 0 Å². The van der Waals surface area contributed by atoms with Crippen LogP contribution in [0.15, 0.2) is 5.16 Å². The Hall–Kier alpha value is -0.770. The van der Waals surface area contributed by atoms with Crippen LogP contribution in [0.4, 0.5) is 0 Å². The number of hydrogen-bond acceptors (Lipinski definition) is 3. The molecule has 1 atom stereocenters. The van der Waals surface area contributed by atoms with Crippen LogP contribution in [-0.4, -0.2) is 36.1 Å². The van der Waals surface area contributed by atoms with Gasteiger partial charge in [0.25, 0.3) is 0 Å². The van der Waals surface area contributed by atoms with E-state index >= 15 is 0 Å². The lowest BCUT2D eigenvalue weighted by Crippen LogP contribution is -2.32. The van der Waals surface area contributed by atoms with Crippen molar-refractivity contribution in [2.45, 2.75) is 53.4 Å². The average Bonchev–Trinajstić information content (AvgIpc) is 2.33. The Morgan fingerprint density at radius 1 is 1.39 bits per heavy atom. The van der Waals surface area contributed by atoms with Gasteiger partial charge in [0.05, 0.1) is 0 Å². The molecule has 4 heteroatoms. The van der Waals surface area contributed by atoms with Crippen molar-refractivity contribution in [2.24, 2.45) is 22.2 Å². The number of hydrogen-bond donors (Lipinski definition) is 2. The lowest BCUT2D eigenvalue weighted by atomic mass is 9.86. The van der Waals surface area contributed by atoms with E-state index in [0.717, 1.165) is 31.7 Å². The maximum atomic E-state index is 8.70. The van der Waals surface area contributed by atoms with Crippen molar-refractivity contribution in [3.8, 4) is 0 Å². The van der Waals surface area contributed by atoms with E-state index in [4.69, 9.17) is 10.9 Å². The standard InChI is InChI=1S/C14H31N3O/c1-6-12(2)11-17(5)10-8-7-9-14(3,4)13(15)16-18/h12,18H,6-11H2,1-5H3,(H2,15,16). The van der Waals surface area contributed by atoms with Gasteiger partial charge in [-0.25, -0.2) is 0 Å². The second kappa shape index (κ2) is 8.35. The molecule has 18 heavy (non-hydrogen) atoms. The summed E-state index contributed by atoms with van der Waals surface area (Å²) >= 11 is 0. The van der Waals surface area contributed by atoms with Crippen LogP contribution in [0.2, 0.25) is 0 Å². The van der Waals surface area contributed by atoms with Gasteiger partial charge in [-0.1, -0.05) is 45.7 Å². The Kier molecular flexibility index (Phi) is 8.00. The lowest BCUT2D eigenvalue weighted by molar-refractivity contribution is 0.270. The second-order valence-corrected chi connectivity index (χ2v) is 6.10. The fourth-order valence-corrected chi connectivity index (χ4v) is 1.96. The number of amidine groups is 1. The van der Waals surface area contributed by atoms with Gasteiger partial charge in [0, 0.05) is 12.0 Å². The van der Waals surface area contributed by atoms with Crippen LogP contribution in [0.1, 0.15) is 53.4 Å². The summed E-state index contributed by atoms with van der Waals surface area (Å²) in [5, 5.41) is 11.8. The smallest absolute Gasteiger partial charge is 0.144 e. The number of rotatable bonds is 9. The van der Waals surface area contributed by atoms with Gasteiger partial charge in [0.1, 0.15) is 5.84 Å². The molecule has 0 aromatic rings. The summed E-state index contributed by atoms with van der Waals surface area (Å²) < 4.78 is 0. The molecule has 0 rings (SSSR count). The molecule has 0 saturated carbocycles. The summed E-state index contributed by atoms with van der Waals surface area (Å²) in [6.45, 7) is 10.8. The minimum absolute atomic E-state index is 0.204. The van der Waals surface area contributed by atoms with Crippen molar-refractivity contribution in [3.63, 3.8) is 0 Å². The minimum atomic E-state index is -0.204. The highest BCUT2D eigenvalue weighted by atomic mass is 16.4. The molecule has 0 saturated heterocycles. The maximum absolute atomic E-state index is 8.70. The third-order valence-corrected chi connectivity index (χ3v) is 3.71. The molecule has 0 aromatic heterocycles. The van der Waals surface area contributed by atoms with Gasteiger partial charge in [0.15, 0.2) is 0 Å². The zero-order chi connectivity index (χ0) is 14.2. The molecule has 0 radical (unpaired) electrons. The predicted octanol–water partition coefficient (Wildman–Crippen LogP) is 2.91. The van der Waals surface area contributed by atoms with E-state index in [1.165, 1.54) is 13.0 Å². The molecule has 0 aliphatic rings. The zero-order valence-electron chi connectivity index (χ0n) is 12.7. The number of unbranched alkanes of at least 4 members (excludes halogenated alkanes) is 1. The molecule has 0 aromatic carbocycles. The Labute approximate surface area is 112 Å². The SMILES string of the molecule is CCC(C)CN(C)CCCCC(C)(C)C(N)=NO. The number of nitrogens with zero attached hydrogens (tertiary/aromatic N) is 2. The van der Waals surface area contributed by atoms with Crippen LogP contribution >= 0.6 is 0 Å². The van der Waals surface area contributed by atoms with Crippen LogP contribution in [0, 0.1) is 11.3 Å². The Balaban J connectivity index is 3.80. The minimum Gasteiger partial charge on any atom is -0.409 e. The third kappa shape index (κ3) is 6.84. The van der Waals surface area contributed by atoms with Crippen LogP contribution in [0.3, 0.4) is 0 Å². The first-order chi connectivity index (χ1) is 8.33. The molecule has 0 heterocycles. The maximum Gasteiger partial charge on any atom is 0.144 e. The normalized spacial score (nSPS) is 15.1. The summed E-state index contributed by atoms with van der Waals surface area (Å²) in [4.78, 5) is 2.39. The summed E-state index contributed by atoms with van der Waals surface area (Å²) in [6.07, 6.45) is 4.46. The van der Waals surface area contributed by atoms with Crippen molar-refractivity contribution in [2.75, 3.05) is 20.1 Å². The van der Waals surface area contributed by atoms with Gasteiger partial charge in [-0.2, -0.15) is 0 Å². The second-order valence-electron chi connectivity index (χ2n) is 6.10. The molecule has 108 valence electrons. The quantitative estimate of drug-likeness (QED) is 0.219. The number of nitrogens with two attached hydrogens (primary N) is 1. The summed E-state index contributed by atoms with van der Waals surface area (Å²) in [5.41, 5.74) is 5.46. The van der Waals surface area contributed by atoms with Crippen molar-refractivity contribution in [1.82, 2.24) is 4.90 Å². The van der Waals surface area contributed by atoms with Crippen molar-refractivity contribution < 1.29 is 5.21 Å². The topological polar surface area (TPSA) is 61.8 Å². The highest BCUT2D eigenvalue weighted by Crippen LogP contribution is 2.23. The molecule has 0 fully saturated rings. The molecule has 4 nitrogen and oxygen atoms in total. The van der Waals surface area contributed by atoms with E-state index in [0.29, 0.717) is 5.84 Å². The van der Waals surface area contributed by atoms with Gasteiger partial charge in [0.2, 0.25) is 0 Å². The molecule has 1 unspecified atom stereocenters. The van der Waals surface area contributed by atoms with E-state index in [2.05, 4.69) is 31.0 Å². The molecule has 0 spiro atoms. The Bertz CT molecular complexity index is 251. The highest BCUT2D eigenvalue weighted by molar-refractivity contribution is 5.85. The van der Waals surface area contributed by atoms with Gasteiger partial charge in [-0.3, -0.25) is 0 Å². The van der Waals surface area contributed by atoms with Crippen LogP contribution in [0.25, 0.3) is 0 Å². The first-order valence-electron chi connectivity index (χ1n) is 7.00. The summed E-state index contributed by atoms with van der Waals surface area (Å²) in [5.74, 6) is 1.10. The molecule has 0 aliphatic carbocycles. The van der Waals surface area contributed by atoms with Gasteiger partial charge in [-0.15, -0.1) is 0 Å². The van der Waals surface area contributed by atoms with Crippen molar-refractivity contribution in [3.05, 3.63) is 0 Å². The van der Waals surface area contributed by atoms with Crippen molar-refractivity contribution >= 4 is 5.84 Å². The van der Waals surface area contributed by atoms with E-state index in [1.807, 2.05) is 13.8 Å². The van der Waals surface area contributed by atoms with Gasteiger partial charge < -0.3 is 15.8 Å². The highest BCUT2D eigenvalue weighted by Gasteiger charge is 2.22. The molecular formula is C14H31N3O. The van der Waals surface area contributed by atoms with E-state index in [9.17, 15) is 0 Å². The summed E-state index contributed by atoms with van der Waals surface area (Å²) in [7, 11) is 2.18. The molecule has 3 N–H and O–H groups in total. The zero-order valence-corrected chi connectivity index (χ0v) is 12.7. The first-order valence-corrected chi connectivity index (χ1v) is 7.00. The van der Waals surface area contributed by atoms with Crippen LogP contribution < -0.4 is 5.73 Å². The van der Waals surface area contributed by atoms with Crippen molar-refractivity contribution in [1.29, 1.82) is 0 Å². The largest absolute Gasteiger partial charge is 0.409 e. The van der Waals surface area contributed by atoms with E-state index in [1.54, 1.807) is 0 Å².